The fourth-order valence-electron chi connectivity index (χ4n) is 2.21. The van der Waals surface area contributed by atoms with Crippen LogP contribution in [0.15, 0.2) is 11.1 Å². The molecule has 0 spiro atoms. The van der Waals surface area contributed by atoms with Crippen LogP contribution in [0.3, 0.4) is 0 Å². The van der Waals surface area contributed by atoms with Crippen LogP contribution in [0, 0.1) is 0 Å². The quantitative estimate of drug-likeness (QED) is 0.749. The number of allylic oxidation sites excluding steroid dienone is 2. The fraction of sp³-hybridized carbons (Fsp3) is 0.750. The van der Waals surface area contributed by atoms with Crippen molar-refractivity contribution >= 4 is 29.3 Å². The molecular formula is C12H18OS2. The summed E-state index contributed by atoms with van der Waals surface area (Å²) in [5, 5.41) is 0. The molecule has 0 saturated carbocycles. The molecule has 84 valence electrons. The van der Waals surface area contributed by atoms with Crippen LogP contribution in [-0.4, -0.2) is 21.9 Å². The highest BCUT2D eigenvalue weighted by Gasteiger charge is 2.21. The number of hydrogen-bond donors (Lipinski definition) is 0. The van der Waals surface area contributed by atoms with Crippen molar-refractivity contribution in [3.8, 4) is 0 Å². The van der Waals surface area contributed by atoms with E-state index in [0.29, 0.717) is 5.78 Å². The standard InChI is InChI=1S/C12H18OS2/c1-9-5-6-11(13)10(9)3-2-4-12-14-7-8-15-12/h12H,2-8H2,1H3. The van der Waals surface area contributed by atoms with Crippen molar-refractivity contribution in [3.63, 3.8) is 0 Å². The van der Waals surface area contributed by atoms with E-state index in [-0.39, 0.29) is 0 Å². The van der Waals surface area contributed by atoms with Crippen molar-refractivity contribution in [3.05, 3.63) is 11.1 Å². The second-order valence-electron chi connectivity index (χ2n) is 4.25. The number of rotatable bonds is 4. The van der Waals surface area contributed by atoms with E-state index in [1.54, 1.807) is 0 Å². The first-order chi connectivity index (χ1) is 7.27. The molecule has 3 heteroatoms. The Morgan fingerprint density at radius 1 is 1.27 bits per heavy atom. The van der Waals surface area contributed by atoms with E-state index in [9.17, 15) is 4.79 Å². The van der Waals surface area contributed by atoms with Gasteiger partial charge in [-0.2, -0.15) is 0 Å². The highest BCUT2D eigenvalue weighted by Crippen LogP contribution is 2.36. The van der Waals surface area contributed by atoms with E-state index in [2.05, 4.69) is 30.4 Å². The fourth-order valence-corrected chi connectivity index (χ4v) is 5.14. The lowest BCUT2D eigenvalue weighted by molar-refractivity contribution is -0.115. The van der Waals surface area contributed by atoms with Gasteiger partial charge < -0.3 is 0 Å². The maximum absolute atomic E-state index is 11.5. The second-order valence-corrected chi connectivity index (χ2v) is 7.17. The Hall–Kier alpha value is 0.110. The lowest BCUT2D eigenvalue weighted by Crippen LogP contribution is -1.98. The molecule has 0 bridgehead atoms. The molecule has 0 N–H and O–H groups in total. The first kappa shape index (κ1) is 11.6. The van der Waals surface area contributed by atoms with Gasteiger partial charge >= 0.3 is 0 Å². The molecule has 0 aromatic carbocycles. The number of thioether (sulfide) groups is 2. The molecule has 0 amide bonds. The Balaban J connectivity index is 1.73. The van der Waals surface area contributed by atoms with Gasteiger partial charge in [-0.1, -0.05) is 5.57 Å². The van der Waals surface area contributed by atoms with Crippen LogP contribution in [0.1, 0.15) is 39.0 Å². The summed E-state index contributed by atoms with van der Waals surface area (Å²) in [7, 11) is 0. The SMILES string of the molecule is CC1=C(CCCC2SCCS2)C(=O)CC1. The number of carbonyl (C=O) groups is 1. The predicted molar refractivity (Wildman–Crippen MR) is 69.5 cm³/mol. The molecule has 0 unspecified atom stereocenters. The lowest BCUT2D eigenvalue weighted by atomic mass is 10.1. The summed E-state index contributed by atoms with van der Waals surface area (Å²) in [6.45, 7) is 2.12. The number of Topliss-reactive ketones (excluding diaryl/α,β-unsaturated/α-hetero) is 1. The summed E-state index contributed by atoms with van der Waals surface area (Å²) < 4.78 is 0.808. The maximum atomic E-state index is 11.5. The molecule has 1 saturated heterocycles. The average Bonchev–Trinajstić information content (AvgIpc) is 2.82. The predicted octanol–water partition coefficient (Wildman–Crippen LogP) is 3.64. The first-order valence-electron chi connectivity index (χ1n) is 5.72. The third-order valence-corrected chi connectivity index (χ3v) is 6.31. The van der Waals surface area contributed by atoms with Crippen LogP contribution >= 0.6 is 23.5 Å². The summed E-state index contributed by atoms with van der Waals surface area (Å²) in [6, 6.07) is 0. The Morgan fingerprint density at radius 3 is 2.60 bits per heavy atom. The summed E-state index contributed by atoms with van der Waals surface area (Å²) in [4.78, 5) is 11.5. The van der Waals surface area contributed by atoms with E-state index in [1.807, 2.05) is 0 Å². The zero-order chi connectivity index (χ0) is 10.7. The molecule has 2 rings (SSSR count). The third kappa shape index (κ3) is 3.04. The largest absolute Gasteiger partial charge is 0.295 e. The summed E-state index contributed by atoms with van der Waals surface area (Å²) in [5.41, 5.74) is 2.51. The van der Waals surface area contributed by atoms with Gasteiger partial charge in [0.1, 0.15) is 0 Å². The smallest absolute Gasteiger partial charge is 0.159 e. The van der Waals surface area contributed by atoms with Gasteiger partial charge in [-0.05, 0) is 38.2 Å². The number of hydrogen-bond acceptors (Lipinski definition) is 3. The molecule has 0 aromatic heterocycles. The van der Waals surface area contributed by atoms with Crippen LogP contribution in [0.5, 0.6) is 0 Å². The zero-order valence-corrected chi connectivity index (χ0v) is 10.9. The molecule has 15 heavy (non-hydrogen) atoms. The van der Waals surface area contributed by atoms with E-state index >= 15 is 0 Å². The van der Waals surface area contributed by atoms with Crippen LogP contribution in [0.25, 0.3) is 0 Å². The monoisotopic (exact) mass is 242 g/mol. The average molecular weight is 242 g/mol. The molecule has 1 heterocycles. The Labute approximate surface area is 100 Å². The highest BCUT2D eigenvalue weighted by molar-refractivity contribution is 8.20. The minimum Gasteiger partial charge on any atom is -0.295 e. The first-order valence-corrected chi connectivity index (χ1v) is 7.82. The van der Waals surface area contributed by atoms with Gasteiger partial charge in [0, 0.05) is 17.9 Å². The molecule has 0 radical (unpaired) electrons. The molecular weight excluding hydrogens is 224 g/mol. The second kappa shape index (κ2) is 5.44. The molecule has 0 atom stereocenters. The van der Waals surface area contributed by atoms with Gasteiger partial charge in [0.25, 0.3) is 0 Å². The Bertz CT molecular complexity index is 277. The van der Waals surface area contributed by atoms with Gasteiger partial charge in [0.15, 0.2) is 5.78 Å². The summed E-state index contributed by atoms with van der Waals surface area (Å²) in [5.74, 6) is 3.05. The van der Waals surface area contributed by atoms with Crippen LogP contribution < -0.4 is 0 Å². The van der Waals surface area contributed by atoms with Crippen molar-refractivity contribution in [1.29, 1.82) is 0 Å². The Kier molecular flexibility index (Phi) is 4.21. The zero-order valence-electron chi connectivity index (χ0n) is 9.25. The van der Waals surface area contributed by atoms with Crippen molar-refractivity contribution in [2.75, 3.05) is 11.5 Å². The molecule has 1 nitrogen and oxygen atoms in total. The summed E-state index contributed by atoms with van der Waals surface area (Å²) >= 11 is 4.18. The normalized spacial score (nSPS) is 23.1. The van der Waals surface area contributed by atoms with Gasteiger partial charge in [0.2, 0.25) is 0 Å². The third-order valence-electron chi connectivity index (χ3n) is 3.14. The van der Waals surface area contributed by atoms with Crippen molar-refractivity contribution in [1.82, 2.24) is 0 Å². The van der Waals surface area contributed by atoms with E-state index in [1.165, 1.54) is 29.9 Å². The molecule has 1 aliphatic heterocycles. The van der Waals surface area contributed by atoms with Gasteiger partial charge in [-0.3, -0.25) is 4.79 Å². The lowest BCUT2D eigenvalue weighted by Gasteiger charge is -2.07. The number of ketones is 1. The highest BCUT2D eigenvalue weighted by atomic mass is 32.2. The summed E-state index contributed by atoms with van der Waals surface area (Å²) in [6.07, 6.45) is 5.29. The van der Waals surface area contributed by atoms with E-state index < -0.39 is 0 Å². The Morgan fingerprint density at radius 2 is 2.00 bits per heavy atom. The van der Waals surface area contributed by atoms with Crippen molar-refractivity contribution in [2.24, 2.45) is 0 Å². The van der Waals surface area contributed by atoms with Gasteiger partial charge in [-0.15, -0.1) is 23.5 Å². The molecule has 0 aromatic rings. The topological polar surface area (TPSA) is 17.1 Å². The minimum atomic E-state index is 0.416. The van der Waals surface area contributed by atoms with Crippen LogP contribution in [0.4, 0.5) is 0 Å². The van der Waals surface area contributed by atoms with Crippen molar-refractivity contribution < 1.29 is 4.79 Å². The van der Waals surface area contributed by atoms with Crippen LogP contribution in [-0.2, 0) is 4.79 Å². The van der Waals surface area contributed by atoms with Crippen molar-refractivity contribution in [2.45, 2.75) is 43.6 Å². The molecule has 2 aliphatic rings. The molecule has 1 fully saturated rings. The maximum Gasteiger partial charge on any atom is 0.159 e. The minimum absolute atomic E-state index is 0.416. The molecule has 1 aliphatic carbocycles. The van der Waals surface area contributed by atoms with Crippen LogP contribution in [0.2, 0.25) is 0 Å². The van der Waals surface area contributed by atoms with E-state index in [4.69, 9.17) is 0 Å². The number of carbonyl (C=O) groups excluding carboxylic acids is 1. The van der Waals surface area contributed by atoms with Gasteiger partial charge in [-0.25, -0.2) is 0 Å². The van der Waals surface area contributed by atoms with Gasteiger partial charge in [0.05, 0.1) is 4.58 Å². The van der Waals surface area contributed by atoms with E-state index in [0.717, 1.165) is 29.4 Å².